The summed E-state index contributed by atoms with van der Waals surface area (Å²) in [5.41, 5.74) is 4.24. The normalized spacial score (nSPS) is 27.8. The molecule has 3 atom stereocenters. The Labute approximate surface area is 168 Å². The second kappa shape index (κ2) is 6.95. The van der Waals surface area contributed by atoms with E-state index in [4.69, 9.17) is 0 Å². The predicted octanol–water partition coefficient (Wildman–Crippen LogP) is 4.94. The van der Waals surface area contributed by atoms with E-state index in [1.54, 1.807) is 0 Å². The molecule has 0 radical (unpaired) electrons. The number of nitrogens with zero attached hydrogens (tertiary/aromatic N) is 1. The van der Waals surface area contributed by atoms with Crippen LogP contribution in [0.5, 0.6) is 0 Å². The van der Waals surface area contributed by atoms with Crippen molar-refractivity contribution in [2.45, 2.75) is 56.4 Å². The Morgan fingerprint density at radius 3 is 2.61 bits per heavy atom. The van der Waals surface area contributed by atoms with Crippen LogP contribution in [0.3, 0.4) is 0 Å². The minimum absolute atomic E-state index is 0.153. The number of nitrogens with one attached hydrogen (secondary N) is 1. The Bertz CT molecular complexity index is 860. The van der Waals surface area contributed by atoms with Crippen LogP contribution in [0.15, 0.2) is 54.6 Å². The number of piperidine rings is 1. The lowest BCUT2D eigenvalue weighted by atomic mass is 9.68. The molecule has 1 N–H and O–H groups in total. The maximum Gasteiger partial charge on any atom is 0.225 e. The van der Waals surface area contributed by atoms with Crippen molar-refractivity contribution in [3.05, 3.63) is 65.7 Å². The summed E-state index contributed by atoms with van der Waals surface area (Å²) in [6, 6.07) is 19.8. The van der Waals surface area contributed by atoms with Crippen molar-refractivity contribution in [3.8, 4) is 0 Å². The van der Waals surface area contributed by atoms with E-state index in [9.17, 15) is 4.79 Å². The average Bonchev–Trinajstić information content (AvgIpc) is 3.05. The zero-order chi connectivity index (χ0) is 19.1. The van der Waals surface area contributed by atoms with Crippen LogP contribution < -0.4 is 5.32 Å². The fourth-order valence-corrected chi connectivity index (χ4v) is 5.57. The Hall–Kier alpha value is -2.29. The molecule has 1 aliphatic carbocycles. The molecule has 3 unspecified atom stereocenters. The monoisotopic (exact) mass is 374 g/mol. The Balaban J connectivity index is 1.49. The van der Waals surface area contributed by atoms with Crippen molar-refractivity contribution in [1.82, 2.24) is 4.90 Å². The van der Waals surface area contributed by atoms with E-state index in [2.05, 4.69) is 71.7 Å². The van der Waals surface area contributed by atoms with Crippen molar-refractivity contribution in [2.75, 3.05) is 18.4 Å². The molecule has 1 spiro atoms. The summed E-state index contributed by atoms with van der Waals surface area (Å²) in [5, 5.41) is 3.65. The van der Waals surface area contributed by atoms with Crippen LogP contribution in [-0.4, -0.2) is 29.9 Å². The van der Waals surface area contributed by atoms with Crippen LogP contribution in [0.4, 0.5) is 5.69 Å². The number of hydrogen-bond acceptors (Lipinski definition) is 2. The van der Waals surface area contributed by atoms with Gasteiger partial charge in [0, 0.05) is 42.1 Å². The van der Waals surface area contributed by atoms with Crippen LogP contribution >= 0.6 is 0 Å². The number of carbonyl (C=O) groups excluding carboxylic acids is 1. The molecule has 3 aliphatic rings. The molecule has 5 rings (SSSR count). The summed E-state index contributed by atoms with van der Waals surface area (Å²) in [6.07, 6.45) is 5.48. The van der Waals surface area contributed by atoms with Gasteiger partial charge in [0.1, 0.15) is 0 Å². The second-order valence-electron chi connectivity index (χ2n) is 9.06. The zero-order valence-electron chi connectivity index (χ0n) is 16.7. The summed E-state index contributed by atoms with van der Waals surface area (Å²) in [4.78, 5) is 15.5. The van der Waals surface area contributed by atoms with Gasteiger partial charge in [0.15, 0.2) is 0 Å². The molecular weight excluding hydrogens is 344 g/mol. The minimum atomic E-state index is 0.153. The predicted molar refractivity (Wildman–Crippen MR) is 114 cm³/mol. The number of benzene rings is 2. The number of para-hydroxylation sites is 1. The topological polar surface area (TPSA) is 32.3 Å². The van der Waals surface area contributed by atoms with Crippen LogP contribution in [0, 0.1) is 5.92 Å². The zero-order valence-corrected chi connectivity index (χ0v) is 16.7. The number of hydrogen-bond donors (Lipinski definition) is 1. The first-order valence-electron chi connectivity index (χ1n) is 10.9. The second-order valence-corrected chi connectivity index (χ2v) is 9.06. The van der Waals surface area contributed by atoms with E-state index < -0.39 is 0 Å². The smallest absolute Gasteiger partial charge is 0.225 e. The van der Waals surface area contributed by atoms with Crippen molar-refractivity contribution < 1.29 is 4.79 Å². The molecule has 2 aromatic carbocycles. The van der Waals surface area contributed by atoms with Gasteiger partial charge in [-0.15, -0.1) is 0 Å². The first-order valence-corrected chi connectivity index (χ1v) is 10.9. The van der Waals surface area contributed by atoms with Gasteiger partial charge in [-0.05, 0) is 42.9 Å². The minimum Gasteiger partial charge on any atom is -0.384 e. The molecule has 2 aliphatic heterocycles. The molecule has 0 aromatic heterocycles. The molecule has 2 fully saturated rings. The first kappa shape index (κ1) is 17.8. The van der Waals surface area contributed by atoms with Gasteiger partial charge in [-0.3, -0.25) is 4.79 Å². The Morgan fingerprint density at radius 1 is 1.11 bits per heavy atom. The van der Waals surface area contributed by atoms with E-state index in [1.807, 2.05) is 0 Å². The summed E-state index contributed by atoms with van der Waals surface area (Å²) in [6.45, 7) is 4.19. The highest BCUT2D eigenvalue weighted by Crippen LogP contribution is 2.48. The lowest BCUT2D eigenvalue weighted by Crippen LogP contribution is -2.55. The van der Waals surface area contributed by atoms with Gasteiger partial charge in [-0.25, -0.2) is 0 Å². The van der Waals surface area contributed by atoms with Crippen molar-refractivity contribution in [2.24, 2.45) is 5.92 Å². The number of carbonyl (C=O) groups is 1. The number of anilines is 1. The molecular formula is C25H30N2O. The van der Waals surface area contributed by atoms with Gasteiger partial charge >= 0.3 is 0 Å². The fraction of sp³-hybridized carbons (Fsp3) is 0.480. The highest BCUT2D eigenvalue weighted by molar-refractivity contribution is 5.80. The van der Waals surface area contributed by atoms with Crippen LogP contribution in [0.1, 0.15) is 56.1 Å². The van der Waals surface area contributed by atoms with Crippen molar-refractivity contribution >= 4 is 11.6 Å². The Kier molecular flexibility index (Phi) is 4.41. The van der Waals surface area contributed by atoms with Gasteiger partial charge in [0.2, 0.25) is 5.91 Å². The molecule has 3 nitrogen and oxygen atoms in total. The first-order chi connectivity index (χ1) is 13.7. The van der Waals surface area contributed by atoms with Gasteiger partial charge in [-0.2, -0.15) is 0 Å². The number of amides is 1. The van der Waals surface area contributed by atoms with E-state index in [0.717, 1.165) is 38.8 Å². The number of rotatable bonds is 3. The van der Waals surface area contributed by atoms with Crippen molar-refractivity contribution in [3.63, 3.8) is 0 Å². The lowest BCUT2D eigenvalue weighted by molar-refractivity contribution is -0.143. The summed E-state index contributed by atoms with van der Waals surface area (Å²) in [5.74, 6) is 1.02. The van der Waals surface area contributed by atoms with E-state index in [1.165, 1.54) is 23.2 Å². The maximum atomic E-state index is 13.3. The van der Waals surface area contributed by atoms with Crippen LogP contribution in [0.25, 0.3) is 0 Å². The molecule has 0 bridgehead atoms. The highest BCUT2D eigenvalue weighted by Gasteiger charge is 2.48. The number of fused-ring (bicyclic) bond motifs is 2. The van der Waals surface area contributed by atoms with Crippen molar-refractivity contribution in [1.29, 1.82) is 0 Å². The third-order valence-corrected chi connectivity index (χ3v) is 7.59. The third kappa shape index (κ3) is 2.83. The molecule has 28 heavy (non-hydrogen) atoms. The summed E-state index contributed by atoms with van der Waals surface area (Å²) in [7, 11) is 0. The van der Waals surface area contributed by atoms with E-state index >= 15 is 0 Å². The lowest BCUT2D eigenvalue weighted by Gasteiger charge is -2.49. The molecule has 146 valence electrons. The fourth-order valence-electron chi connectivity index (χ4n) is 5.57. The van der Waals surface area contributed by atoms with Gasteiger partial charge in [0.25, 0.3) is 0 Å². The summed E-state index contributed by atoms with van der Waals surface area (Å²) < 4.78 is 0. The van der Waals surface area contributed by atoms with E-state index in [0.29, 0.717) is 11.8 Å². The van der Waals surface area contributed by atoms with Gasteiger partial charge < -0.3 is 10.2 Å². The molecule has 3 heteroatoms. The van der Waals surface area contributed by atoms with Gasteiger partial charge in [0.05, 0.1) is 0 Å². The molecule has 1 saturated carbocycles. The quantitative estimate of drug-likeness (QED) is 0.825. The highest BCUT2D eigenvalue weighted by atomic mass is 16.2. The average molecular weight is 375 g/mol. The molecule has 1 amide bonds. The standard InChI is InChI=1S/C25H30N2O/c1-18(19-8-3-2-4-9-19)23-16-25(17-26-22-13-6-5-12-21(22)25)14-15-27(23)24(28)20-10-7-11-20/h2-6,8-9,12-13,18,20,23,26H,7,10-11,14-17H2,1H3. The molecule has 2 aromatic rings. The van der Waals surface area contributed by atoms with E-state index in [-0.39, 0.29) is 17.4 Å². The SMILES string of the molecule is CC(c1ccccc1)C1CC2(CCN1C(=O)C1CCC1)CNc1ccccc12. The van der Waals surface area contributed by atoms with Crippen LogP contribution in [0.2, 0.25) is 0 Å². The molecule has 2 heterocycles. The summed E-state index contributed by atoms with van der Waals surface area (Å²) >= 11 is 0. The molecule has 1 saturated heterocycles. The van der Waals surface area contributed by atoms with Crippen LogP contribution in [-0.2, 0) is 10.2 Å². The largest absolute Gasteiger partial charge is 0.384 e. The van der Waals surface area contributed by atoms with Gasteiger partial charge in [-0.1, -0.05) is 61.9 Å². The Morgan fingerprint density at radius 2 is 1.86 bits per heavy atom. The third-order valence-electron chi connectivity index (χ3n) is 7.59. The maximum absolute atomic E-state index is 13.3. The number of likely N-dealkylation sites (tertiary alicyclic amines) is 1.